The molecule has 1 aliphatic heterocycles. The third kappa shape index (κ3) is 5.76. The van der Waals surface area contributed by atoms with E-state index in [0.29, 0.717) is 17.7 Å². The first-order chi connectivity index (χ1) is 13.7. The smallest absolute Gasteiger partial charge is 0.261 e. The maximum atomic E-state index is 12.8. The number of amides is 2. The molecule has 0 bridgehead atoms. The topological polar surface area (TPSA) is 87.5 Å². The number of unbranched alkanes of at least 4 members (excludes halogenated alkanes) is 1. The first-order valence-electron chi connectivity index (χ1n) is 10.2. The summed E-state index contributed by atoms with van der Waals surface area (Å²) < 4.78 is 0. The average Bonchev–Trinajstić information content (AvgIpc) is 2.72. The molecule has 2 aromatic rings. The van der Waals surface area contributed by atoms with Gasteiger partial charge in [-0.05, 0) is 75.9 Å². The molecular weight excluding hydrogens is 388 g/mol. The standard InChI is InChI=1S/C22H30N4O2.ClH/c23-11-5-14-24-12-1-2-13-25-15-6-16-26-21(27)18-9-3-7-17-8-4-10-19(20(17)18)22(26)28;/h3-4,7-10,24-25H,1-2,5-6,11-16,23H2;1H. The normalized spacial score (nSPS) is 13.1. The maximum Gasteiger partial charge on any atom is 0.261 e. The molecule has 1 heterocycles. The summed E-state index contributed by atoms with van der Waals surface area (Å²) in [5.74, 6) is -0.365. The molecule has 0 aromatic heterocycles. The highest BCUT2D eigenvalue weighted by Gasteiger charge is 2.31. The Morgan fingerprint density at radius 2 is 1.28 bits per heavy atom. The first-order valence-corrected chi connectivity index (χ1v) is 10.2. The first kappa shape index (κ1) is 23.3. The molecule has 1 aliphatic rings. The molecule has 2 amide bonds. The molecule has 0 unspecified atom stereocenters. The van der Waals surface area contributed by atoms with Crippen LogP contribution in [-0.4, -0.2) is 56.0 Å². The fraction of sp³-hybridized carbons (Fsp3) is 0.455. The van der Waals surface area contributed by atoms with Gasteiger partial charge in [0.1, 0.15) is 0 Å². The molecule has 0 fully saturated rings. The molecule has 29 heavy (non-hydrogen) atoms. The number of halogens is 1. The van der Waals surface area contributed by atoms with E-state index in [0.717, 1.165) is 69.2 Å². The van der Waals surface area contributed by atoms with Crippen molar-refractivity contribution in [1.82, 2.24) is 15.5 Å². The van der Waals surface area contributed by atoms with Gasteiger partial charge in [0.2, 0.25) is 0 Å². The zero-order chi connectivity index (χ0) is 19.8. The summed E-state index contributed by atoms with van der Waals surface area (Å²) in [5.41, 5.74) is 6.71. The quantitative estimate of drug-likeness (QED) is 0.364. The van der Waals surface area contributed by atoms with Gasteiger partial charge in [-0.15, -0.1) is 12.4 Å². The van der Waals surface area contributed by atoms with E-state index >= 15 is 0 Å². The van der Waals surface area contributed by atoms with Gasteiger partial charge in [-0.25, -0.2) is 0 Å². The minimum atomic E-state index is -0.183. The van der Waals surface area contributed by atoms with Gasteiger partial charge in [0.15, 0.2) is 0 Å². The molecule has 0 saturated heterocycles. The van der Waals surface area contributed by atoms with Crippen molar-refractivity contribution in [2.75, 3.05) is 39.3 Å². The van der Waals surface area contributed by atoms with Crippen LogP contribution in [0.1, 0.15) is 46.4 Å². The van der Waals surface area contributed by atoms with E-state index in [1.165, 1.54) is 4.90 Å². The number of hydrogen-bond acceptors (Lipinski definition) is 5. The monoisotopic (exact) mass is 418 g/mol. The number of hydrogen-bond donors (Lipinski definition) is 3. The molecule has 4 N–H and O–H groups in total. The molecule has 7 heteroatoms. The summed E-state index contributed by atoms with van der Waals surface area (Å²) in [6.45, 7) is 4.92. The molecule has 3 rings (SSSR count). The van der Waals surface area contributed by atoms with Crippen LogP contribution in [0.4, 0.5) is 0 Å². The van der Waals surface area contributed by atoms with Crippen LogP contribution in [0.2, 0.25) is 0 Å². The average molecular weight is 419 g/mol. The van der Waals surface area contributed by atoms with Crippen molar-refractivity contribution in [3.8, 4) is 0 Å². The van der Waals surface area contributed by atoms with Crippen molar-refractivity contribution in [2.24, 2.45) is 5.73 Å². The summed E-state index contributed by atoms with van der Waals surface area (Å²) in [7, 11) is 0. The van der Waals surface area contributed by atoms with Gasteiger partial charge in [0.25, 0.3) is 11.8 Å². The van der Waals surface area contributed by atoms with E-state index in [1.807, 2.05) is 36.4 Å². The predicted octanol–water partition coefficient (Wildman–Crippen LogP) is 2.56. The number of rotatable bonds is 12. The van der Waals surface area contributed by atoms with Crippen LogP contribution in [0.3, 0.4) is 0 Å². The fourth-order valence-electron chi connectivity index (χ4n) is 3.62. The van der Waals surface area contributed by atoms with Gasteiger partial charge in [-0.1, -0.05) is 24.3 Å². The largest absolute Gasteiger partial charge is 0.330 e. The number of carbonyl (C=O) groups is 2. The van der Waals surface area contributed by atoms with Crippen LogP contribution >= 0.6 is 12.4 Å². The molecule has 6 nitrogen and oxygen atoms in total. The minimum Gasteiger partial charge on any atom is -0.330 e. The lowest BCUT2D eigenvalue weighted by Crippen LogP contribution is -2.41. The summed E-state index contributed by atoms with van der Waals surface area (Å²) >= 11 is 0. The highest BCUT2D eigenvalue weighted by Crippen LogP contribution is 2.29. The van der Waals surface area contributed by atoms with Crippen LogP contribution in [0.15, 0.2) is 36.4 Å². The predicted molar refractivity (Wildman–Crippen MR) is 120 cm³/mol. The number of imide groups is 1. The second-order valence-electron chi connectivity index (χ2n) is 7.17. The lowest BCUT2D eigenvalue weighted by atomic mass is 9.94. The Hall–Kier alpha value is -1.99. The molecule has 2 aromatic carbocycles. The van der Waals surface area contributed by atoms with Crippen molar-refractivity contribution in [3.05, 3.63) is 47.5 Å². The Labute approximate surface area is 178 Å². The van der Waals surface area contributed by atoms with Crippen LogP contribution in [0, 0.1) is 0 Å². The summed E-state index contributed by atoms with van der Waals surface area (Å²) in [6.07, 6.45) is 4.00. The third-order valence-corrected chi connectivity index (χ3v) is 5.11. The van der Waals surface area contributed by atoms with Crippen molar-refractivity contribution in [3.63, 3.8) is 0 Å². The van der Waals surface area contributed by atoms with Crippen LogP contribution < -0.4 is 16.4 Å². The zero-order valence-electron chi connectivity index (χ0n) is 16.8. The Kier molecular flexibility index (Phi) is 9.54. The van der Waals surface area contributed by atoms with Gasteiger partial charge in [0.05, 0.1) is 0 Å². The summed E-state index contributed by atoms with van der Waals surface area (Å²) in [6, 6.07) is 11.3. The van der Waals surface area contributed by atoms with Gasteiger partial charge in [0, 0.05) is 23.1 Å². The Morgan fingerprint density at radius 3 is 1.83 bits per heavy atom. The minimum absolute atomic E-state index is 0. The maximum absolute atomic E-state index is 12.8. The Balaban J connectivity index is 0.00000300. The van der Waals surface area contributed by atoms with E-state index in [4.69, 9.17) is 5.73 Å². The SMILES string of the molecule is Cl.NCCCNCCCCNCCCN1C(=O)c2cccc3cccc(c23)C1=O. The summed E-state index contributed by atoms with van der Waals surface area (Å²) in [4.78, 5) is 27.0. The molecule has 0 saturated carbocycles. The van der Waals surface area contributed by atoms with Crippen molar-refractivity contribution in [2.45, 2.75) is 25.7 Å². The number of carbonyl (C=O) groups excluding carboxylic acids is 2. The molecule has 0 aliphatic carbocycles. The molecule has 0 radical (unpaired) electrons. The Bertz CT molecular complexity index is 777. The van der Waals surface area contributed by atoms with Crippen LogP contribution in [0.5, 0.6) is 0 Å². The second kappa shape index (κ2) is 11.9. The van der Waals surface area contributed by atoms with E-state index in [2.05, 4.69) is 10.6 Å². The highest BCUT2D eigenvalue weighted by atomic mass is 35.5. The van der Waals surface area contributed by atoms with Gasteiger partial charge >= 0.3 is 0 Å². The fourth-order valence-corrected chi connectivity index (χ4v) is 3.62. The molecular formula is C22H31ClN4O2. The number of nitrogens with zero attached hydrogens (tertiary/aromatic N) is 1. The van der Waals surface area contributed by atoms with Gasteiger partial charge in [-0.2, -0.15) is 0 Å². The number of nitrogens with two attached hydrogens (primary N) is 1. The molecule has 158 valence electrons. The van der Waals surface area contributed by atoms with E-state index < -0.39 is 0 Å². The van der Waals surface area contributed by atoms with Crippen LogP contribution in [0.25, 0.3) is 10.8 Å². The third-order valence-electron chi connectivity index (χ3n) is 5.11. The summed E-state index contributed by atoms with van der Waals surface area (Å²) in [5, 5.41) is 8.49. The van der Waals surface area contributed by atoms with Gasteiger partial charge < -0.3 is 16.4 Å². The van der Waals surface area contributed by atoms with E-state index in [-0.39, 0.29) is 24.2 Å². The zero-order valence-corrected chi connectivity index (χ0v) is 17.6. The highest BCUT2D eigenvalue weighted by molar-refractivity contribution is 6.25. The van der Waals surface area contributed by atoms with Crippen LogP contribution in [-0.2, 0) is 0 Å². The molecule has 0 spiro atoms. The number of nitrogens with one attached hydrogen (secondary N) is 2. The van der Waals surface area contributed by atoms with Gasteiger partial charge in [-0.3, -0.25) is 14.5 Å². The molecule has 0 atom stereocenters. The second-order valence-corrected chi connectivity index (χ2v) is 7.17. The lowest BCUT2D eigenvalue weighted by Gasteiger charge is -2.27. The Morgan fingerprint density at radius 1 is 0.759 bits per heavy atom. The van der Waals surface area contributed by atoms with Crippen molar-refractivity contribution in [1.29, 1.82) is 0 Å². The van der Waals surface area contributed by atoms with E-state index in [1.54, 1.807) is 0 Å². The number of benzene rings is 2. The van der Waals surface area contributed by atoms with Crippen molar-refractivity contribution < 1.29 is 9.59 Å². The lowest BCUT2D eigenvalue weighted by molar-refractivity contribution is 0.0609. The van der Waals surface area contributed by atoms with E-state index in [9.17, 15) is 9.59 Å². The van der Waals surface area contributed by atoms with Crippen molar-refractivity contribution >= 4 is 35.0 Å².